The van der Waals surface area contributed by atoms with Crippen molar-refractivity contribution in [3.05, 3.63) is 45.4 Å². The van der Waals surface area contributed by atoms with E-state index in [1.165, 1.54) is 3.97 Å². The van der Waals surface area contributed by atoms with Crippen molar-refractivity contribution in [2.75, 3.05) is 0 Å². The monoisotopic (exact) mass is 356 g/mol. The first-order valence-electron chi connectivity index (χ1n) is 6.34. The largest absolute Gasteiger partial charge is 0.269 e. The zero-order valence-corrected chi connectivity index (χ0v) is 14.3. The molecule has 108 valence electrons. The van der Waals surface area contributed by atoms with Crippen LogP contribution < -0.4 is 0 Å². The van der Waals surface area contributed by atoms with Gasteiger partial charge in [-0.1, -0.05) is 28.9 Å². The van der Waals surface area contributed by atoms with Gasteiger partial charge in [0, 0.05) is 17.1 Å². The average Bonchev–Trinajstić information content (AvgIpc) is 2.75. The van der Waals surface area contributed by atoms with Crippen LogP contribution in [-0.2, 0) is 16.4 Å². The van der Waals surface area contributed by atoms with E-state index in [1.807, 2.05) is 26.8 Å². The average molecular weight is 357 g/mol. The fourth-order valence-corrected chi connectivity index (χ4v) is 4.34. The smallest absolute Gasteiger partial charge is 0.238 e. The third kappa shape index (κ3) is 2.54. The van der Waals surface area contributed by atoms with E-state index in [9.17, 15) is 8.42 Å². The third-order valence-electron chi connectivity index (χ3n) is 3.17. The highest BCUT2D eigenvalue weighted by Crippen LogP contribution is 2.27. The highest BCUT2D eigenvalue weighted by atomic mass is 79.9. The second-order valence-electron chi connectivity index (χ2n) is 4.82. The Labute approximate surface area is 128 Å². The van der Waals surface area contributed by atoms with Crippen molar-refractivity contribution in [1.82, 2.24) is 8.96 Å². The van der Waals surface area contributed by atoms with Crippen LogP contribution in [0, 0.1) is 20.8 Å². The number of aromatic nitrogens is 2. The summed E-state index contributed by atoms with van der Waals surface area (Å²) in [7, 11) is -3.61. The molecular weight excluding hydrogens is 340 g/mol. The third-order valence-corrected chi connectivity index (χ3v) is 5.86. The standard InChI is InChI=1S/C14H17BrN2O2S/c1-5-14-16-11(4)8-17(14)20(18,19)13-7-12(15)9(2)6-10(13)3/h6-8H,5H2,1-4H3. The zero-order chi connectivity index (χ0) is 15.1. The van der Waals surface area contributed by atoms with Crippen molar-refractivity contribution in [2.24, 2.45) is 0 Å². The maximum absolute atomic E-state index is 12.8. The van der Waals surface area contributed by atoms with Crippen LogP contribution in [0.4, 0.5) is 0 Å². The van der Waals surface area contributed by atoms with Gasteiger partial charge in [-0.3, -0.25) is 0 Å². The predicted octanol–water partition coefficient (Wildman–Crippen LogP) is 3.37. The number of aryl methyl sites for hydroxylation is 4. The molecule has 0 spiro atoms. The number of nitrogens with zero attached hydrogens (tertiary/aromatic N) is 2. The molecule has 0 radical (unpaired) electrons. The molecule has 0 aliphatic carbocycles. The molecule has 2 aromatic rings. The van der Waals surface area contributed by atoms with Crippen LogP contribution in [0.15, 0.2) is 27.7 Å². The molecule has 0 aliphatic heterocycles. The molecule has 2 rings (SSSR count). The molecule has 6 heteroatoms. The van der Waals surface area contributed by atoms with E-state index in [0.717, 1.165) is 15.6 Å². The van der Waals surface area contributed by atoms with E-state index >= 15 is 0 Å². The van der Waals surface area contributed by atoms with Crippen molar-refractivity contribution < 1.29 is 8.42 Å². The second-order valence-corrected chi connectivity index (χ2v) is 7.46. The summed E-state index contributed by atoms with van der Waals surface area (Å²) in [4.78, 5) is 4.57. The first-order valence-corrected chi connectivity index (χ1v) is 8.58. The fraction of sp³-hybridized carbons (Fsp3) is 0.357. The molecule has 0 bridgehead atoms. The topological polar surface area (TPSA) is 52.0 Å². The lowest BCUT2D eigenvalue weighted by atomic mass is 10.2. The maximum Gasteiger partial charge on any atom is 0.269 e. The van der Waals surface area contributed by atoms with Crippen LogP contribution in [0.1, 0.15) is 29.6 Å². The Morgan fingerprint density at radius 1 is 1.20 bits per heavy atom. The van der Waals surface area contributed by atoms with Crippen LogP contribution in [0.5, 0.6) is 0 Å². The van der Waals surface area contributed by atoms with Crippen molar-refractivity contribution in [1.29, 1.82) is 0 Å². The van der Waals surface area contributed by atoms with E-state index in [4.69, 9.17) is 0 Å². The Hall–Kier alpha value is -1.14. The Bertz CT molecular complexity index is 764. The SMILES string of the molecule is CCc1nc(C)cn1S(=O)(=O)c1cc(Br)c(C)cc1C. The lowest BCUT2D eigenvalue weighted by Gasteiger charge is -2.12. The Kier molecular flexibility index (Phi) is 4.07. The molecule has 4 nitrogen and oxygen atoms in total. The molecule has 0 aliphatic rings. The van der Waals surface area contributed by atoms with E-state index in [0.29, 0.717) is 22.8 Å². The number of hydrogen-bond acceptors (Lipinski definition) is 3. The summed E-state index contributed by atoms with van der Waals surface area (Å²) in [6.07, 6.45) is 2.14. The summed E-state index contributed by atoms with van der Waals surface area (Å²) in [5, 5.41) is 0. The van der Waals surface area contributed by atoms with Crippen LogP contribution >= 0.6 is 15.9 Å². The van der Waals surface area contributed by atoms with Gasteiger partial charge in [-0.05, 0) is 38.0 Å². The van der Waals surface area contributed by atoms with Crippen LogP contribution in [-0.4, -0.2) is 17.4 Å². The van der Waals surface area contributed by atoms with E-state index < -0.39 is 10.0 Å². The van der Waals surface area contributed by atoms with Gasteiger partial charge in [-0.2, -0.15) is 0 Å². The summed E-state index contributed by atoms with van der Waals surface area (Å²) in [5.41, 5.74) is 2.45. The summed E-state index contributed by atoms with van der Waals surface area (Å²) in [6.45, 7) is 7.43. The molecule has 0 unspecified atom stereocenters. The minimum absolute atomic E-state index is 0.307. The molecule has 0 atom stereocenters. The normalized spacial score (nSPS) is 11.8. The molecule has 1 heterocycles. The maximum atomic E-state index is 12.8. The van der Waals surface area contributed by atoms with Gasteiger partial charge in [-0.25, -0.2) is 17.4 Å². The molecule has 0 fully saturated rings. The lowest BCUT2D eigenvalue weighted by molar-refractivity contribution is 0.584. The summed E-state index contributed by atoms with van der Waals surface area (Å²) >= 11 is 3.40. The van der Waals surface area contributed by atoms with Gasteiger partial charge in [-0.15, -0.1) is 0 Å². The van der Waals surface area contributed by atoms with Gasteiger partial charge in [0.25, 0.3) is 10.0 Å². The zero-order valence-electron chi connectivity index (χ0n) is 11.9. The van der Waals surface area contributed by atoms with Crippen LogP contribution in [0.25, 0.3) is 0 Å². The van der Waals surface area contributed by atoms with Gasteiger partial charge in [0.05, 0.1) is 10.6 Å². The lowest BCUT2D eigenvalue weighted by Crippen LogP contribution is -2.16. The van der Waals surface area contributed by atoms with Crippen LogP contribution in [0.3, 0.4) is 0 Å². The van der Waals surface area contributed by atoms with Crippen molar-refractivity contribution in [3.63, 3.8) is 0 Å². The molecule has 0 amide bonds. The number of imidazole rings is 1. The molecule has 1 aromatic carbocycles. The molecule has 0 saturated carbocycles. The fourth-order valence-electron chi connectivity index (χ4n) is 2.16. The Morgan fingerprint density at radius 2 is 1.85 bits per heavy atom. The summed E-state index contributed by atoms with van der Waals surface area (Å²) in [6, 6.07) is 3.53. The first-order chi connectivity index (χ1) is 9.27. The van der Waals surface area contributed by atoms with E-state index in [-0.39, 0.29) is 0 Å². The molecule has 0 saturated heterocycles. The van der Waals surface area contributed by atoms with E-state index in [1.54, 1.807) is 19.2 Å². The Morgan fingerprint density at radius 3 is 2.45 bits per heavy atom. The Balaban J connectivity index is 2.70. The minimum Gasteiger partial charge on any atom is -0.238 e. The van der Waals surface area contributed by atoms with Gasteiger partial charge in [0.2, 0.25) is 0 Å². The molecule has 0 N–H and O–H groups in total. The number of halogens is 1. The molecule has 1 aromatic heterocycles. The van der Waals surface area contributed by atoms with Crippen molar-refractivity contribution >= 4 is 26.0 Å². The van der Waals surface area contributed by atoms with Gasteiger partial charge < -0.3 is 0 Å². The second kappa shape index (κ2) is 5.33. The molecular formula is C14H17BrN2O2S. The van der Waals surface area contributed by atoms with Crippen molar-refractivity contribution in [3.8, 4) is 0 Å². The van der Waals surface area contributed by atoms with Crippen molar-refractivity contribution in [2.45, 2.75) is 39.0 Å². The number of hydrogen-bond donors (Lipinski definition) is 0. The van der Waals surface area contributed by atoms with Crippen LogP contribution in [0.2, 0.25) is 0 Å². The highest BCUT2D eigenvalue weighted by molar-refractivity contribution is 9.10. The predicted molar refractivity (Wildman–Crippen MR) is 82.5 cm³/mol. The van der Waals surface area contributed by atoms with Gasteiger partial charge in [0.1, 0.15) is 5.82 Å². The highest BCUT2D eigenvalue weighted by Gasteiger charge is 2.23. The first kappa shape index (κ1) is 15.3. The van der Waals surface area contributed by atoms with Gasteiger partial charge in [0.15, 0.2) is 0 Å². The summed E-state index contributed by atoms with van der Waals surface area (Å²) in [5.74, 6) is 0.554. The number of benzene rings is 1. The quantitative estimate of drug-likeness (QED) is 0.846. The molecule has 20 heavy (non-hydrogen) atoms. The van der Waals surface area contributed by atoms with Gasteiger partial charge >= 0.3 is 0 Å². The number of rotatable bonds is 3. The summed E-state index contributed by atoms with van der Waals surface area (Å²) < 4.78 is 27.7. The minimum atomic E-state index is -3.61. The van der Waals surface area contributed by atoms with E-state index in [2.05, 4.69) is 20.9 Å².